The molecule has 1 aliphatic heterocycles. The smallest absolute Gasteiger partial charge is 0.242 e. The molecule has 184 valence electrons. The van der Waals surface area contributed by atoms with E-state index in [-0.39, 0.29) is 23.8 Å². The Balaban J connectivity index is 1.68. The predicted molar refractivity (Wildman–Crippen MR) is 125 cm³/mol. The molecule has 0 aromatic heterocycles. The Morgan fingerprint density at radius 1 is 1.06 bits per heavy atom. The fourth-order valence-electron chi connectivity index (χ4n) is 3.16. The van der Waals surface area contributed by atoms with Gasteiger partial charge in [0.05, 0.1) is 31.1 Å². The molecule has 0 fully saturated rings. The SMILES string of the molecule is CC(C)C(NS(=O)(=O)c1ccc2c(c1)OCCCO2)C(=O)Nc1ccc(OCCC(N)=O)cc1. The standard InChI is InChI=1S/C23H29N3O7S/c1-15(2)22(23(28)25-16-4-6-17(7-5-16)31-13-10-21(24)27)26-34(29,30)18-8-9-19-20(14-18)33-12-3-11-32-19/h4-9,14-15,22,26H,3,10-13H2,1-2H3,(H2,24,27)(H,25,28). The largest absolute Gasteiger partial charge is 0.493 e. The number of fused-ring (bicyclic) bond motifs is 1. The van der Waals surface area contributed by atoms with Crippen molar-refractivity contribution >= 4 is 27.5 Å². The molecular weight excluding hydrogens is 462 g/mol. The van der Waals surface area contributed by atoms with Crippen molar-refractivity contribution in [1.29, 1.82) is 0 Å². The van der Waals surface area contributed by atoms with Crippen molar-refractivity contribution in [3.05, 3.63) is 42.5 Å². The Hall–Kier alpha value is -3.31. The Kier molecular flexibility index (Phi) is 8.35. The van der Waals surface area contributed by atoms with Crippen molar-refractivity contribution in [2.75, 3.05) is 25.1 Å². The summed E-state index contributed by atoms with van der Waals surface area (Å²) in [5, 5.41) is 2.72. The molecular formula is C23H29N3O7S. The van der Waals surface area contributed by atoms with Gasteiger partial charge in [-0.2, -0.15) is 4.72 Å². The van der Waals surface area contributed by atoms with E-state index < -0.39 is 27.9 Å². The molecule has 1 unspecified atom stereocenters. The van der Waals surface area contributed by atoms with Crippen LogP contribution in [0.3, 0.4) is 0 Å². The van der Waals surface area contributed by atoms with Gasteiger partial charge in [-0.25, -0.2) is 8.42 Å². The zero-order valence-corrected chi connectivity index (χ0v) is 19.9. The highest BCUT2D eigenvalue weighted by Gasteiger charge is 2.29. The molecule has 1 atom stereocenters. The maximum atomic E-state index is 13.0. The van der Waals surface area contributed by atoms with Crippen LogP contribution in [-0.2, 0) is 19.6 Å². The van der Waals surface area contributed by atoms with Crippen LogP contribution < -0.4 is 30.0 Å². The second-order valence-corrected chi connectivity index (χ2v) is 9.79. The number of amides is 2. The first-order chi connectivity index (χ1) is 16.2. The topological polar surface area (TPSA) is 146 Å². The maximum absolute atomic E-state index is 13.0. The van der Waals surface area contributed by atoms with Gasteiger partial charge in [-0.15, -0.1) is 0 Å². The van der Waals surface area contributed by atoms with Crippen molar-refractivity contribution in [2.24, 2.45) is 11.7 Å². The van der Waals surface area contributed by atoms with E-state index in [1.165, 1.54) is 12.1 Å². The third kappa shape index (κ3) is 6.84. The summed E-state index contributed by atoms with van der Waals surface area (Å²) in [5.41, 5.74) is 5.54. The van der Waals surface area contributed by atoms with Crippen LogP contribution >= 0.6 is 0 Å². The number of ether oxygens (including phenoxy) is 3. The summed E-state index contributed by atoms with van der Waals surface area (Å²) >= 11 is 0. The van der Waals surface area contributed by atoms with Crippen molar-refractivity contribution in [3.8, 4) is 17.2 Å². The first-order valence-electron chi connectivity index (χ1n) is 10.9. The highest BCUT2D eigenvalue weighted by molar-refractivity contribution is 7.89. The molecule has 2 amide bonds. The van der Waals surface area contributed by atoms with E-state index >= 15 is 0 Å². The number of carbonyl (C=O) groups excluding carboxylic acids is 2. The summed E-state index contributed by atoms with van der Waals surface area (Å²) in [5.74, 6) is 0.0511. The van der Waals surface area contributed by atoms with Gasteiger partial charge >= 0.3 is 0 Å². The third-order valence-electron chi connectivity index (χ3n) is 5.00. The van der Waals surface area contributed by atoms with Gasteiger partial charge in [-0.1, -0.05) is 13.8 Å². The minimum atomic E-state index is -4.02. The van der Waals surface area contributed by atoms with Crippen molar-refractivity contribution in [3.63, 3.8) is 0 Å². The lowest BCUT2D eigenvalue weighted by molar-refractivity contribution is -0.119. The molecule has 0 spiro atoms. The second kappa shape index (κ2) is 11.2. The lowest BCUT2D eigenvalue weighted by Gasteiger charge is -2.22. The van der Waals surface area contributed by atoms with E-state index in [9.17, 15) is 18.0 Å². The number of rotatable bonds is 10. The zero-order chi connectivity index (χ0) is 24.7. The van der Waals surface area contributed by atoms with Gasteiger partial charge in [0, 0.05) is 18.2 Å². The highest BCUT2D eigenvalue weighted by Crippen LogP contribution is 2.32. The summed E-state index contributed by atoms with van der Waals surface area (Å²) in [7, 11) is -4.02. The Morgan fingerprint density at radius 3 is 2.38 bits per heavy atom. The average Bonchev–Trinajstić information content (AvgIpc) is 3.03. The lowest BCUT2D eigenvalue weighted by atomic mass is 10.0. The quantitative estimate of drug-likeness (QED) is 0.461. The first kappa shape index (κ1) is 25.3. The van der Waals surface area contributed by atoms with Crippen molar-refractivity contribution in [2.45, 2.75) is 37.6 Å². The number of hydrogen-bond donors (Lipinski definition) is 3. The molecule has 0 saturated heterocycles. The van der Waals surface area contributed by atoms with E-state index in [1.807, 2.05) is 0 Å². The van der Waals surface area contributed by atoms with E-state index in [0.29, 0.717) is 42.6 Å². The number of hydrogen-bond acceptors (Lipinski definition) is 7. The lowest BCUT2D eigenvalue weighted by Crippen LogP contribution is -2.47. The fourth-order valence-corrected chi connectivity index (χ4v) is 4.52. The number of nitrogens with one attached hydrogen (secondary N) is 2. The number of anilines is 1. The molecule has 0 radical (unpaired) electrons. The van der Waals surface area contributed by atoms with E-state index in [0.717, 1.165) is 0 Å². The number of carbonyl (C=O) groups is 2. The molecule has 2 aromatic rings. The molecule has 11 heteroatoms. The summed E-state index contributed by atoms with van der Waals surface area (Å²) in [6.45, 7) is 4.56. The molecule has 34 heavy (non-hydrogen) atoms. The molecule has 2 aromatic carbocycles. The van der Waals surface area contributed by atoms with Gasteiger partial charge in [-0.3, -0.25) is 9.59 Å². The molecule has 1 aliphatic rings. The van der Waals surface area contributed by atoms with E-state index in [1.54, 1.807) is 44.2 Å². The molecule has 3 rings (SSSR count). The summed E-state index contributed by atoms with van der Waals surface area (Å²) in [6.07, 6.45) is 0.795. The Morgan fingerprint density at radius 2 is 1.74 bits per heavy atom. The van der Waals surface area contributed by atoms with Crippen LogP contribution in [0, 0.1) is 5.92 Å². The normalized spacial score (nSPS) is 14.2. The highest BCUT2D eigenvalue weighted by atomic mass is 32.2. The van der Waals surface area contributed by atoms with Crippen molar-refractivity contribution in [1.82, 2.24) is 4.72 Å². The van der Waals surface area contributed by atoms with Crippen LogP contribution in [0.15, 0.2) is 47.4 Å². The van der Waals surface area contributed by atoms with Gasteiger partial charge in [0.25, 0.3) is 0 Å². The van der Waals surface area contributed by atoms with E-state index in [4.69, 9.17) is 19.9 Å². The maximum Gasteiger partial charge on any atom is 0.242 e. The molecule has 0 aliphatic carbocycles. The number of nitrogens with two attached hydrogens (primary N) is 1. The zero-order valence-electron chi connectivity index (χ0n) is 19.1. The van der Waals surface area contributed by atoms with Crippen LogP contribution in [0.2, 0.25) is 0 Å². The molecule has 0 saturated carbocycles. The Labute approximate surface area is 198 Å². The number of sulfonamides is 1. The Bertz CT molecular complexity index is 1120. The monoisotopic (exact) mass is 491 g/mol. The second-order valence-electron chi connectivity index (χ2n) is 8.08. The van der Waals surface area contributed by atoms with Crippen LogP contribution in [0.1, 0.15) is 26.7 Å². The van der Waals surface area contributed by atoms with Gasteiger partial charge < -0.3 is 25.3 Å². The molecule has 4 N–H and O–H groups in total. The van der Waals surface area contributed by atoms with Crippen LogP contribution in [-0.4, -0.2) is 46.1 Å². The van der Waals surface area contributed by atoms with Crippen molar-refractivity contribution < 1.29 is 32.2 Å². The fraction of sp³-hybridized carbons (Fsp3) is 0.391. The summed E-state index contributed by atoms with van der Waals surface area (Å²) in [4.78, 5) is 23.7. The van der Waals surface area contributed by atoms with Gasteiger partial charge in [0.2, 0.25) is 21.8 Å². The van der Waals surface area contributed by atoms with Gasteiger partial charge in [0.15, 0.2) is 11.5 Å². The molecule has 0 bridgehead atoms. The van der Waals surface area contributed by atoms with E-state index in [2.05, 4.69) is 10.0 Å². The number of benzene rings is 2. The van der Waals surface area contributed by atoms with Crippen LogP contribution in [0.5, 0.6) is 17.2 Å². The molecule has 1 heterocycles. The summed E-state index contributed by atoms with van der Waals surface area (Å²) < 4.78 is 45.1. The average molecular weight is 492 g/mol. The van der Waals surface area contributed by atoms with Crippen LogP contribution in [0.4, 0.5) is 5.69 Å². The van der Waals surface area contributed by atoms with Crippen LogP contribution in [0.25, 0.3) is 0 Å². The summed E-state index contributed by atoms with van der Waals surface area (Å²) in [6, 6.07) is 9.84. The minimum Gasteiger partial charge on any atom is -0.493 e. The third-order valence-corrected chi connectivity index (χ3v) is 6.44. The minimum absolute atomic E-state index is 0.0207. The first-order valence-corrected chi connectivity index (χ1v) is 12.4. The molecule has 10 nitrogen and oxygen atoms in total. The predicted octanol–water partition coefficient (Wildman–Crippen LogP) is 2.04. The number of primary amides is 1. The van der Waals surface area contributed by atoms with Gasteiger partial charge in [0.1, 0.15) is 11.8 Å². The van der Waals surface area contributed by atoms with Gasteiger partial charge in [-0.05, 0) is 42.3 Å².